The summed E-state index contributed by atoms with van der Waals surface area (Å²) in [4.78, 5) is 8.46. The van der Waals surface area contributed by atoms with Crippen molar-refractivity contribution >= 4 is 17.2 Å². The summed E-state index contributed by atoms with van der Waals surface area (Å²) in [6.07, 6.45) is 0.633. The number of aliphatic imine (C=N–C) groups is 1. The van der Waals surface area contributed by atoms with E-state index in [-0.39, 0.29) is 0 Å². The normalized spacial score (nSPS) is 12.0. The Kier molecular flexibility index (Phi) is 4.55. The number of hydrogen-bond donors (Lipinski definition) is 1. The van der Waals surface area contributed by atoms with Gasteiger partial charge in [-0.25, -0.2) is 4.98 Å². The fourth-order valence-electron chi connectivity index (χ4n) is 1.01. The molecule has 14 heavy (non-hydrogen) atoms. The molecule has 1 heterocycles. The van der Waals surface area contributed by atoms with Gasteiger partial charge in [-0.2, -0.15) is 0 Å². The number of nitrogens with zero attached hydrogens (tertiary/aromatic N) is 2. The molecule has 0 atom stereocenters. The average molecular weight is 213 g/mol. The van der Waals surface area contributed by atoms with Crippen molar-refractivity contribution in [3.63, 3.8) is 0 Å². The molecule has 1 aromatic heterocycles. The van der Waals surface area contributed by atoms with Crippen LogP contribution in [-0.2, 0) is 11.2 Å². The summed E-state index contributed by atoms with van der Waals surface area (Å²) < 4.78 is 4.87. The molecule has 0 aliphatic rings. The van der Waals surface area contributed by atoms with Gasteiger partial charge in [0.05, 0.1) is 29.7 Å². The molecule has 1 aromatic rings. The quantitative estimate of drug-likeness (QED) is 0.451. The van der Waals surface area contributed by atoms with Crippen molar-refractivity contribution in [1.82, 2.24) is 4.98 Å². The molecular formula is C9H15N3OS. The van der Waals surface area contributed by atoms with Crippen LogP contribution in [0.15, 0.2) is 10.4 Å². The second kappa shape index (κ2) is 5.72. The Bertz CT molecular complexity index is 309. The molecule has 2 N–H and O–H groups in total. The van der Waals surface area contributed by atoms with Crippen LogP contribution < -0.4 is 5.73 Å². The molecule has 0 amide bonds. The molecular weight excluding hydrogens is 198 g/mol. The molecule has 0 bridgehead atoms. The monoisotopic (exact) mass is 213 g/mol. The second-order valence-corrected chi connectivity index (χ2v) is 3.96. The zero-order chi connectivity index (χ0) is 10.4. The predicted molar refractivity (Wildman–Crippen MR) is 58.9 cm³/mol. The molecule has 78 valence electrons. The van der Waals surface area contributed by atoms with Crippen molar-refractivity contribution in [1.29, 1.82) is 0 Å². The lowest BCUT2D eigenvalue weighted by Crippen LogP contribution is -2.16. The maximum absolute atomic E-state index is 5.71. The number of aryl methyl sites for hydroxylation is 1. The van der Waals surface area contributed by atoms with Crippen LogP contribution in [-0.4, -0.2) is 31.1 Å². The Morgan fingerprint density at radius 2 is 2.50 bits per heavy atom. The van der Waals surface area contributed by atoms with Crippen molar-refractivity contribution in [2.24, 2.45) is 10.7 Å². The van der Waals surface area contributed by atoms with Crippen LogP contribution in [0.2, 0.25) is 0 Å². The second-order valence-electron chi connectivity index (χ2n) is 2.90. The molecule has 0 aliphatic carbocycles. The third kappa shape index (κ3) is 3.85. The van der Waals surface area contributed by atoms with Crippen LogP contribution in [0.25, 0.3) is 0 Å². The first kappa shape index (κ1) is 11.1. The Hall–Kier alpha value is -0.940. The highest BCUT2D eigenvalue weighted by molar-refractivity contribution is 7.09. The van der Waals surface area contributed by atoms with Crippen LogP contribution >= 0.6 is 11.3 Å². The Morgan fingerprint density at radius 3 is 3.07 bits per heavy atom. The Balaban J connectivity index is 2.40. The van der Waals surface area contributed by atoms with Gasteiger partial charge in [-0.05, 0) is 6.92 Å². The number of thiazole rings is 1. The number of rotatable bonds is 5. The summed E-state index contributed by atoms with van der Waals surface area (Å²) >= 11 is 1.63. The molecule has 0 radical (unpaired) electrons. The minimum atomic E-state index is 0.608. The van der Waals surface area contributed by atoms with Gasteiger partial charge >= 0.3 is 0 Å². The number of ether oxygens (including phenoxy) is 1. The number of methoxy groups -OCH3 is 1. The van der Waals surface area contributed by atoms with Crippen molar-refractivity contribution in [3.8, 4) is 0 Å². The standard InChI is InChI=1S/C9H15N3OS/c1-7-12-8(6-14-7)5-9(10)11-3-4-13-2/h6H,3-5H2,1-2H3,(H2,10,11). The van der Waals surface area contributed by atoms with E-state index >= 15 is 0 Å². The highest BCUT2D eigenvalue weighted by Gasteiger charge is 2.00. The van der Waals surface area contributed by atoms with Gasteiger partial charge in [-0.1, -0.05) is 0 Å². The molecule has 0 aliphatic heterocycles. The Labute approximate surface area is 87.8 Å². The minimum absolute atomic E-state index is 0.608. The van der Waals surface area contributed by atoms with Crippen molar-refractivity contribution in [3.05, 3.63) is 16.1 Å². The summed E-state index contributed by atoms with van der Waals surface area (Å²) in [7, 11) is 1.65. The van der Waals surface area contributed by atoms with Crippen LogP contribution in [0.3, 0.4) is 0 Å². The number of aromatic nitrogens is 1. The van der Waals surface area contributed by atoms with E-state index in [1.165, 1.54) is 0 Å². The fraction of sp³-hybridized carbons (Fsp3) is 0.556. The van der Waals surface area contributed by atoms with Gasteiger partial charge in [-0.3, -0.25) is 4.99 Å². The predicted octanol–water partition coefficient (Wildman–Crippen LogP) is 0.998. The van der Waals surface area contributed by atoms with Gasteiger partial charge in [0.1, 0.15) is 0 Å². The van der Waals surface area contributed by atoms with E-state index in [0.29, 0.717) is 25.4 Å². The van der Waals surface area contributed by atoms with E-state index < -0.39 is 0 Å². The van der Waals surface area contributed by atoms with E-state index in [9.17, 15) is 0 Å². The van der Waals surface area contributed by atoms with E-state index in [0.717, 1.165) is 10.7 Å². The molecule has 0 unspecified atom stereocenters. The molecule has 0 saturated carbocycles. The van der Waals surface area contributed by atoms with E-state index in [1.807, 2.05) is 12.3 Å². The SMILES string of the molecule is COCCN=C(N)Cc1csc(C)n1. The molecule has 0 aromatic carbocycles. The summed E-state index contributed by atoms with van der Waals surface area (Å²) in [5.41, 5.74) is 6.71. The van der Waals surface area contributed by atoms with Crippen molar-refractivity contribution < 1.29 is 4.74 Å². The largest absolute Gasteiger partial charge is 0.387 e. The van der Waals surface area contributed by atoms with E-state index in [4.69, 9.17) is 10.5 Å². The molecule has 0 saturated heterocycles. The third-order valence-corrected chi connectivity index (χ3v) is 2.46. The first-order valence-corrected chi connectivity index (χ1v) is 5.29. The van der Waals surface area contributed by atoms with Crippen LogP contribution in [0.4, 0.5) is 0 Å². The summed E-state index contributed by atoms with van der Waals surface area (Å²) in [5, 5.41) is 3.07. The van der Waals surface area contributed by atoms with Crippen LogP contribution in [0, 0.1) is 6.92 Å². The lowest BCUT2D eigenvalue weighted by atomic mass is 10.3. The number of hydrogen-bond acceptors (Lipinski definition) is 4. The third-order valence-electron chi connectivity index (χ3n) is 1.64. The fourth-order valence-corrected chi connectivity index (χ4v) is 1.62. The summed E-state index contributed by atoms with van der Waals surface area (Å²) in [6, 6.07) is 0. The molecule has 5 heteroatoms. The van der Waals surface area contributed by atoms with Crippen molar-refractivity contribution in [2.75, 3.05) is 20.3 Å². The molecule has 1 rings (SSSR count). The molecule has 0 fully saturated rings. The molecule has 4 nitrogen and oxygen atoms in total. The maximum atomic E-state index is 5.71. The van der Waals surface area contributed by atoms with Crippen LogP contribution in [0.5, 0.6) is 0 Å². The summed E-state index contributed by atoms with van der Waals surface area (Å²) in [6.45, 7) is 3.20. The van der Waals surface area contributed by atoms with E-state index in [2.05, 4.69) is 9.98 Å². The first-order chi connectivity index (χ1) is 6.72. The Morgan fingerprint density at radius 1 is 1.71 bits per heavy atom. The van der Waals surface area contributed by atoms with Gasteiger partial charge in [-0.15, -0.1) is 11.3 Å². The average Bonchev–Trinajstić information content (AvgIpc) is 2.52. The number of nitrogens with two attached hydrogens (primary N) is 1. The summed E-state index contributed by atoms with van der Waals surface area (Å²) in [5.74, 6) is 0.618. The zero-order valence-electron chi connectivity index (χ0n) is 8.49. The maximum Gasteiger partial charge on any atom is 0.0998 e. The topological polar surface area (TPSA) is 60.5 Å². The number of amidine groups is 1. The lowest BCUT2D eigenvalue weighted by Gasteiger charge is -1.97. The zero-order valence-corrected chi connectivity index (χ0v) is 9.30. The highest BCUT2D eigenvalue weighted by Crippen LogP contribution is 2.08. The van der Waals surface area contributed by atoms with Gasteiger partial charge in [0, 0.05) is 18.9 Å². The molecule has 0 spiro atoms. The van der Waals surface area contributed by atoms with Gasteiger partial charge in [0.2, 0.25) is 0 Å². The van der Waals surface area contributed by atoms with E-state index in [1.54, 1.807) is 18.4 Å². The highest BCUT2D eigenvalue weighted by atomic mass is 32.1. The smallest absolute Gasteiger partial charge is 0.0998 e. The van der Waals surface area contributed by atoms with Gasteiger partial charge in [0.25, 0.3) is 0 Å². The first-order valence-electron chi connectivity index (χ1n) is 4.41. The minimum Gasteiger partial charge on any atom is -0.387 e. The lowest BCUT2D eigenvalue weighted by molar-refractivity contribution is 0.208. The van der Waals surface area contributed by atoms with Gasteiger partial charge in [0.15, 0.2) is 0 Å². The van der Waals surface area contributed by atoms with Gasteiger partial charge < -0.3 is 10.5 Å². The van der Waals surface area contributed by atoms with Crippen molar-refractivity contribution in [2.45, 2.75) is 13.3 Å². The van der Waals surface area contributed by atoms with Crippen LogP contribution in [0.1, 0.15) is 10.7 Å².